The number of aromatic amines is 1. The summed E-state index contributed by atoms with van der Waals surface area (Å²) >= 11 is 11.7. The van der Waals surface area contributed by atoms with E-state index < -0.39 is 0 Å². The molecule has 3 nitrogen and oxygen atoms in total. The van der Waals surface area contributed by atoms with E-state index in [2.05, 4.69) is 10.3 Å². The van der Waals surface area contributed by atoms with Crippen molar-refractivity contribution in [3.8, 4) is 0 Å². The fourth-order valence-electron chi connectivity index (χ4n) is 1.25. The van der Waals surface area contributed by atoms with Crippen molar-refractivity contribution in [2.24, 2.45) is 0 Å². The maximum absolute atomic E-state index is 11.7. The molecule has 82 valence electrons. The van der Waals surface area contributed by atoms with Gasteiger partial charge in [-0.15, -0.1) is 0 Å². The zero-order valence-corrected chi connectivity index (χ0v) is 9.64. The van der Waals surface area contributed by atoms with Crippen LogP contribution in [0.25, 0.3) is 0 Å². The van der Waals surface area contributed by atoms with Crippen LogP contribution in [0, 0.1) is 0 Å². The molecule has 1 heterocycles. The third-order valence-corrected chi connectivity index (χ3v) is 2.58. The molecule has 0 saturated carbocycles. The predicted molar refractivity (Wildman–Crippen MR) is 65.2 cm³/mol. The number of H-pyrrole nitrogens is 1. The molecule has 5 heteroatoms. The minimum atomic E-state index is -0.255. The highest BCUT2D eigenvalue weighted by Gasteiger charge is 2.08. The fraction of sp³-hybridized carbons (Fsp3) is 0. The summed E-state index contributed by atoms with van der Waals surface area (Å²) in [5.74, 6) is -0.255. The van der Waals surface area contributed by atoms with Crippen LogP contribution in [-0.2, 0) is 0 Å². The molecule has 2 rings (SSSR count). The predicted octanol–water partition coefficient (Wildman–Crippen LogP) is 3.57. The molecule has 0 spiro atoms. The van der Waals surface area contributed by atoms with Gasteiger partial charge in [0.1, 0.15) is 5.69 Å². The second kappa shape index (κ2) is 4.60. The normalized spacial score (nSPS) is 10.1. The summed E-state index contributed by atoms with van der Waals surface area (Å²) in [5.41, 5.74) is 0.963. The van der Waals surface area contributed by atoms with Crippen molar-refractivity contribution >= 4 is 34.8 Å². The molecule has 1 aromatic heterocycles. The smallest absolute Gasteiger partial charge is 0.272 e. The summed E-state index contributed by atoms with van der Waals surface area (Å²) in [6.45, 7) is 0. The van der Waals surface area contributed by atoms with Crippen LogP contribution >= 0.6 is 23.2 Å². The fourth-order valence-corrected chi connectivity index (χ4v) is 1.59. The molecule has 0 aliphatic rings. The number of amides is 1. The lowest BCUT2D eigenvalue weighted by Gasteiger charge is -2.06. The Kier molecular flexibility index (Phi) is 3.17. The molecular formula is C11H8Cl2N2O. The first-order chi connectivity index (χ1) is 7.66. The largest absolute Gasteiger partial charge is 0.357 e. The summed E-state index contributed by atoms with van der Waals surface area (Å²) in [6, 6.07) is 8.31. The average molecular weight is 255 g/mol. The Labute approximate surface area is 102 Å². The number of rotatable bonds is 2. The van der Waals surface area contributed by atoms with E-state index in [-0.39, 0.29) is 5.91 Å². The number of hydrogen-bond acceptors (Lipinski definition) is 1. The third-order valence-electron chi connectivity index (χ3n) is 2.02. The molecule has 0 bridgehead atoms. The molecule has 16 heavy (non-hydrogen) atoms. The summed E-state index contributed by atoms with van der Waals surface area (Å²) in [5, 5.41) is 3.63. The van der Waals surface area contributed by atoms with Crippen LogP contribution < -0.4 is 5.32 Å². The van der Waals surface area contributed by atoms with E-state index in [0.717, 1.165) is 0 Å². The van der Waals surface area contributed by atoms with E-state index in [0.29, 0.717) is 21.4 Å². The molecule has 2 N–H and O–H groups in total. The quantitative estimate of drug-likeness (QED) is 0.846. The van der Waals surface area contributed by atoms with Crippen LogP contribution in [0.3, 0.4) is 0 Å². The zero-order valence-electron chi connectivity index (χ0n) is 8.13. The molecule has 0 fully saturated rings. The lowest BCUT2D eigenvalue weighted by atomic mass is 10.3. The first-order valence-corrected chi connectivity index (χ1v) is 5.32. The number of aromatic nitrogens is 1. The number of benzene rings is 1. The van der Waals surface area contributed by atoms with Crippen molar-refractivity contribution in [3.05, 3.63) is 52.3 Å². The number of nitrogens with one attached hydrogen (secondary N) is 2. The highest BCUT2D eigenvalue weighted by molar-refractivity contribution is 6.35. The maximum Gasteiger partial charge on any atom is 0.272 e. The number of carbonyl (C=O) groups is 1. The van der Waals surface area contributed by atoms with Crippen molar-refractivity contribution in [3.63, 3.8) is 0 Å². The summed E-state index contributed by atoms with van der Waals surface area (Å²) in [7, 11) is 0. The summed E-state index contributed by atoms with van der Waals surface area (Å²) in [6.07, 6.45) is 1.68. The lowest BCUT2D eigenvalue weighted by molar-refractivity contribution is 0.102. The number of anilines is 1. The van der Waals surface area contributed by atoms with E-state index in [1.807, 2.05) is 0 Å². The Bertz CT molecular complexity index is 509. The first-order valence-electron chi connectivity index (χ1n) is 4.56. The summed E-state index contributed by atoms with van der Waals surface area (Å²) in [4.78, 5) is 14.5. The topological polar surface area (TPSA) is 44.9 Å². The van der Waals surface area contributed by atoms with Gasteiger partial charge in [0, 0.05) is 11.2 Å². The average Bonchev–Trinajstić information content (AvgIpc) is 2.76. The second-order valence-electron chi connectivity index (χ2n) is 3.16. The molecule has 0 atom stereocenters. The van der Waals surface area contributed by atoms with Crippen LogP contribution in [0.4, 0.5) is 5.69 Å². The number of hydrogen-bond donors (Lipinski definition) is 2. The molecule has 0 unspecified atom stereocenters. The minimum Gasteiger partial charge on any atom is -0.357 e. The SMILES string of the molecule is O=C(Nc1cc(Cl)ccc1Cl)c1ccc[nH]1. The van der Waals surface area contributed by atoms with Crippen molar-refractivity contribution in [2.75, 3.05) is 5.32 Å². The van der Waals surface area contributed by atoms with Gasteiger partial charge in [-0.1, -0.05) is 23.2 Å². The standard InChI is InChI=1S/C11H8Cl2N2O/c12-7-3-4-8(13)10(6-7)15-11(16)9-2-1-5-14-9/h1-6,14H,(H,15,16). The lowest BCUT2D eigenvalue weighted by Crippen LogP contribution is -2.12. The van der Waals surface area contributed by atoms with Crippen LogP contribution in [0.5, 0.6) is 0 Å². The van der Waals surface area contributed by atoms with Crippen molar-refractivity contribution in [2.45, 2.75) is 0 Å². The molecule has 1 aromatic carbocycles. The van der Waals surface area contributed by atoms with Gasteiger partial charge in [-0.2, -0.15) is 0 Å². The van der Waals surface area contributed by atoms with Gasteiger partial charge in [-0.3, -0.25) is 4.79 Å². The molecule has 1 amide bonds. The van der Waals surface area contributed by atoms with Gasteiger partial charge >= 0.3 is 0 Å². The summed E-state index contributed by atoms with van der Waals surface area (Å²) < 4.78 is 0. The van der Waals surface area contributed by atoms with Gasteiger partial charge in [0.15, 0.2) is 0 Å². The molecule has 0 aliphatic heterocycles. The van der Waals surface area contributed by atoms with Gasteiger partial charge in [0.05, 0.1) is 10.7 Å². The third kappa shape index (κ3) is 2.38. The second-order valence-corrected chi connectivity index (χ2v) is 4.01. The Morgan fingerprint density at radius 3 is 2.75 bits per heavy atom. The Morgan fingerprint density at radius 2 is 2.06 bits per heavy atom. The molecule has 2 aromatic rings. The van der Waals surface area contributed by atoms with Crippen molar-refractivity contribution < 1.29 is 4.79 Å². The Balaban J connectivity index is 2.21. The molecule has 0 saturated heterocycles. The van der Waals surface area contributed by atoms with Gasteiger partial charge < -0.3 is 10.3 Å². The highest BCUT2D eigenvalue weighted by Crippen LogP contribution is 2.25. The van der Waals surface area contributed by atoms with E-state index >= 15 is 0 Å². The van der Waals surface area contributed by atoms with Gasteiger partial charge in [0.2, 0.25) is 0 Å². The van der Waals surface area contributed by atoms with Gasteiger partial charge in [-0.05, 0) is 30.3 Å². The van der Waals surface area contributed by atoms with E-state index in [9.17, 15) is 4.79 Å². The van der Waals surface area contributed by atoms with E-state index in [1.54, 1.807) is 36.5 Å². The van der Waals surface area contributed by atoms with Crippen LogP contribution in [0.2, 0.25) is 10.0 Å². The van der Waals surface area contributed by atoms with E-state index in [1.165, 1.54) is 0 Å². The molecule has 0 aliphatic carbocycles. The molecule has 0 radical (unpaired) electrons. The van der Waals surface area contributed by atoms with E-state index in [4.69, 9.17) is 23.2 Å². The van der Waals surface area contributed by atoms with Crippen LogP contribution in [0.15, 0.2) is 36.5 Å². The Morgan fingerprint density at radius 1 is 1.25 bits per heavy atom. The number of halogens is 2. The zero-order chi connectivity index (χ0) is 11.5. The highest BCUT2D eigenvalue weighted by atomic mass is 35.5. The monoisotopic (exact) mass is 254 g/mol. The van der Waals surface area contributed by atoms with Crippen molar-refractivity contribution in [1.82, 2.24) is 4.98 Å². The van der Waals surface area contributed by atoms with Gasteiger partial charge in [-0.25, -0.2) is 0 Å². The molecular weight excluding hydrogens is 247 g/mol. The maximum atomic E-state index is 11.7. The number of carbonyl (C=O) groups excluding carboxylic acids is 1. The Hall–Kier alpha value is -1.45. The minimum absolute atomic E-state index is 0.255. The van der Waals surface area contributed by atoms with Crippen molar-refractivity contribution in [1.29, 1.82) is 0 Å². The first kappa shape index (κ1) is 11.0. The van der Waals surface area contributed by atoms with Crippen LogP contribution in [0.1, 0.15) is 10.5 Å². The van der Waals surface area contributed by atoms with Crippen LogP contribution in [-0.4, -0.2) is 10.9 Å². The van der Waals surface area contributed by atoms with Gasteiger partial charge in [0.25, 0.3) is 5.91 Å².